The summed E-state index contributed by atoms with van der Waals surface area (Å²) in [5.74, 6) is -1.66. The summed E-state index contributed by atoms with van der Waals surface area (Å²) in [4.78, 5) is 16.7. The van der Waals surface area contributed by atoms with Gasteiger partial charge in [0.15, 0.2) is 5.82 Å². The molecule has 0 fully saturated rings. The summed E-state index contributed by atoms with van der Waals surface area (Å²) in [5, 5.41) is 19.2. The van der Waals surface area contributed by atoms with Crippen LogP contribution in [0, 0.1) is 17.1 Å². The molecule has 3 N–H and O–H groups in total. The fraction of sp³-hybridized carbons (Fsp3) is 0.100. The van der Waals surface area contributed by atoms with Gasteiger partial charge in [-0.1, -0.05) is 17.7 Å². The highest BCUT2D eigenvalue weighted by molar-refractivity contribution is 6.31. The lowest BCUT2D eigenvalue weighted by Gasteiger charge is -2.11. The molecule has 2 aromatic carbocycles. The number of anilines is 1. The van der Waals surface area contributed by atoms with Gasteiger partial charge < -0.3 is 5.32 Å². The van der Waals surface area contributed by atoms with Gasteiger partial charge in [-0.3, -0.25) is 15.2 Å². The number of hydrogen-bond acceptors (Lipinski definition) is 4. The van der Waals surface area contributed by atoms with Gasteiger partial charge in [-0.15, -0.1) is 0 Å². The molecule has 0 radical (unpaired) electrons. The van der Waals surface area contributed by atoms with Crippen LogP contribution in [0.4, 0.5) is 23.4 Å². The number of nitrogens with zero attached hydrogens (tertiary/aromatic N) is 3. The van der Waals surface area contributed by atoms with E-state index in [9.17, 15) is 22.4 Å². The molecule has 0 unspecified atom stereocenters. The molecule has 3 aromatic rings. The fourth-order valence-corrected chi connectivity index (χ4v) is 2.68. The van der Waals surface area contributed by atoms with Gasteiger partial charge in [0.1, 0.15) is 11.5 Å². The van der Waals surface area contributed by atoms with Gasteiger partial charge in [0, 0.05) is 16.7 Å². The zero-order chi connectivity index (χ0) is 23.3. The highest BCUT2D eigenvalue weighted by atomic mass is 35.5. The van der Waals surface area contributed by atoms with E-state index in [4.69, 9.17) is 16.9 Å². The minimum absolute atomic E-state index is 0.0886. The summed E-state index contributed by atoms with van der Waals surface area (Å²) in [5.41, 5.74) is -0.163. The van der Waals surface area contributed by atoms with Crippen molar-refractivity contribution in [3.05, 3.63) is 81.8 Å². The summed E-state index contributed by atoms with van der Waals surface area (Å²) in [6.45, 7) is -0.119. The molecule has 0 aliphatic heterocycles. The number of halogens is 5. The monoisotopic (exact) mass is 464 g/mol. The predicted octanol–water partition coefficient (Wildman–Crippen LogP) is 4.49. The molecule has 0 saturated heterocycles. The van der Waals surface area contributed by atoms with Crippen LogP contribution in [0.1, 0.15) is 27.2 Å². The first kappa shape index (κ1) is 22.8. The average molecular weight is 465 g/mol. The van der Waals surface area contributed by atoms with Crippen LogP contribution in [-0.2, 0) is 12.7 Å². The Bertz CT molecular complexity index is 1200. The van der Waals surface area contributed by atoms with E-state index in [-0.39, 0.29) is 28.9 Å². The van der Waals surface area contributed by atoms with Crippen LogP contribution < -0.4 is 10.6 Å². The Kier molecular flexibility index (Phi) is 6.75. The second kappa shape index (κ2) is 9.49. The van der Waals surface area contributed by atoms with Crippen molar-refractivity contribution in [1.29, 1.82) is 5.26 Å². The minimum atomic E-state index is -4.64. The highest BCUT2D eigenvalue weighted by Crippen LogP contribution is 2.28. The summed E-state index contributed by atoms with van der Waals surface area (Å²) in [6, 6.07) is 11.9. The Morgan fingerprint density at radius 3 is 2.50 bits per heavy atom. The van der Waals surface area contributed by atoms with E-state index in [1.807, 2.05) is 11.2 Å². The van der Waals surface area contributed by atoms with Crippen molar-refractivity contribution in [3.63, 3.8) is 0 Å². The summed E-state index contributed by atoms with van der Waals surface area (Å²) in [6.07, 6.45) is -4.64. The second-order valence-electron chi connectivity index (χ2n) is 6.33. The fourth-order valence-electron chi connectivity index (χ4n) is 2.45. The average Bonchev–Trinajstić information content (AvgIpc) is 3.22. The SMILES string of the molecule is N#Cc1ccc(C(=O)NC(=NCc2ccc(F)cc2Cl)Nc2cc(C(F)(F)F)[nH]n2)cc1. The Labute approximate surface area is 183 Å². The maximum absolute atomic E-state index is 13.2. The van der Waals surface area contributed by atoms with Gasteiger partial charge in [-0.25, -0.2) is 9.38 Å². The Morgan fingerprint density at radius 1 is 1.19 bits per heavy atom. The van der Waals surface area contributed by atoms with Crippen molar-refractivity contribution < 1.29 is 22.4 Å². The summed E-state index contributed by atoms with van der Waals surface area (Å²) < 4.78 is 51.7. The number of alkyl halides is 3. The number of rotatable bonds is 4. The van der Waals surface area contributed by atoms with E-state index in [1.54, 1.807) is 0 Å². The minimum Gasteiger partial charge on any atom is -0.309 e. The van der Waals surface area contributed by atoms with E-state index in [0.717, 1.165) is 6.07 Å². The van der Waals surface area contributed by atoms with E-state index in [2.05, 4.69) is 20.7 Å². The number of nitrogens with one attached hydrogen (secondary N) is 3. The third kappa shape index (κ3) is 5.83. The first-order chi connectivity index (χ1) is 15.2. The van der Waals surface area contributed by atoms with E-state index in [0.29, 0.717) is 17.2 Å². The number of carbonyl (C=O) groups excluding carboxylic acids is 1. The lowest BCUT2D eigenvalue weighted by atomic mass is 10.1. The first-order valence-corrected chi connectivity index (χ1v) is 9.23. The molecule has 1 heterocycles. The van der Waals surface area contributed by atoms with Crippen LogP contribution >= 0.6 is 11.6 Å². The number of aliphatic imine (C=N–C) groups is 1. The van der Waals surface area contributed by atoms with Crippen molar-refractivity contribution in [2.45, 2.75) is 12.7 Å². The lowest BCUT2D eigenvalue weighted by molar-refractivity contribution is -0.141. The van der Waals surface area contributed by atoms with Crippen LogP contribution in [0.25, 0.3) is 0 Å². The molecule has 0 bridgehead atoms. The quantitative estimate of drug-likeness (QED) is 0.300. The predicted molar refractivity (Wildman–Crippen MR) is 108 cm³/mol. The maximum atomic E-state index is 13.2. The number of benzene rings is 2. The number of hydrogen-bond donors (Lipinski definition) is 3. The highest BCUT2D eigenvalue weighted by Gasteiger charge is 2.33. The number of amides is 1. The van der Waals surface area contributed by atoms with Crippen LogP contribution in [0.5, 0.6) is 0 Å². The van der Waals surface area contributed by atoms with Gasteiger partial charge in [0.25, 0.3) is 5.91 Å². The van der Waals surface area contributed by atoms with Crippen molar-refractivity contribution >= 4 is 29.3 Å². The number of carbonyl (C=O) groups is 1. The number of H-pyrrole nitrogens is 1. The maximum Gasteiger partial charge on any atom is 0.432 e. The molecule has 0 atom stereocenters. The van der Waals surface area contributed by atoms with E-state index >= 15 is 0 Å². The largest absolute Gasteiger partial charge is 0.432 e. The molecular weight excluding hydrogens is 452 g/mol. The molecule has 0 spiro atoms. The van der Waals surface area contributed by atoms with Crippen molar-refractivity contribution in [2.75, 3.05) is 5.32 Å². The van der Waals surface area contributed by atoms with Crippen LogP contribution in [0.2, 0.25) is 5.02 Å². The zero-order valence-electron chi connectivity index (χ0n) is 16.0. The molecule has 164 valence electrons. The van der Waals surface area contributed by atoms with E-state index in [1.165, 1.54) is 36.4 Å². The molecule has 12 heteroatoms. The molecule has 0 saturated carbocycles. The van der Waals surface area contributed by atoms with Crippen LogP contribution in [-0.4, -0.2) is 22.1 Å². The second-order valence-corrected chi connectivity index (χ2v) is 6.74. The van der Waals surface area contributed by atoms with Crippen LogP contribution in [0.15, 0.2) is 53.5 Å². The Hall–Kier alpha value is -3.91. The Balaban J connectivity index is 1.84. The standard InChI is InChI=1S/C20H13ClF4N6O/c21-15-7-14(22)6-5-13(15)10-27-19(28-17-8-16(30-31-17)20(23,24)25)29-18(32)12-3-1-11(9-26)2-4-12/h1-8H,10H2,(H3,27,28,29,30,31,32). The van der Waals surface area contributed by atoms with Crippen LogP contribution in [0.3, 0.4) is 0 Å². The van der Waals surface area contributed by atoms with Gasteiger partial charge in [-0.2, -0.15) is 23.5 Å². The lowest BCUT2D eigenvalue weighted by Crippen LogP contribution is -2.36. The van der Waals surface area contributed by atoms with Gasteiger partial charge >= 0.3 is 6.18 Å². The van der Waals surface area contributed by atoms with Gasteiger partial charge in [0.05, 0.1) is 18.2 Å². The van der Waals surface area contributed by atoms with Crippen molar-refractivity contribution in [2.24, 2.45) is 4.99 Å². The smallest absolute Gasteiger partial charge is 0.309 e. The molecule has 3 rings (SSSR count). The van der Waals surface area contributed by atoms with Gasteiger partial charge in [-0.05, 0) is 42.0 Å². The third-order valence-corrected chi connectivity index (χ3v) is 4.41. The summed E-state index contributed by atoms with van der Waals surface area (Å²) >= 11 is 5.97. The summed E-state index contributed by atoms with van der Waals surface area (Å²) in [7, 11) is 0. The van der Waals surface area contributed by atoms with E-state index < -0.39 is 23.6 Å². The molecule has 1 amide bonds. The molecule has 32 heavy (non-hydrogen) atoms. The van der Waals surface area contributed by atoms with Crippen molar-refractivity contribution in [1.82, 2.24) is 15.5 Å². The third-order valence-electron chi connectivity index (χ3n) is 4.06. The topological polar surface area (TPSA) is 106 Å². The Morgan fingerprint density at radius 2 is 1.91 bits per heavy atom. The number of nitriles is 1. The normalized spacial score (nSPS) is 11.7. The number of aromatic amines is 1. The molecule has 1 aromatic heterocycles. The number of guanidine groups is 1. The molecule has 0 aliphatic carbocycles. The van der Waals surface area contributed by atoms with Gasteiger partial charge in [0.2, 0.25) is 5.96 Å². The first-order valence-electron chi connectivity index (χ1n) is 8.85. The number of aromatic nitrogens is 2. The molecule has 7 nitrogen and oxygen atoms in total. The zero-order valence-corrected chi connectivity index (χ0v) is 16.7. The molecule has 0 aliphatic rings. The van der Waals surface area contributed by atoms with Crippen molar-refractivity contribution in [3.8, 4) is 6.07 Å². The molecular formula is C20H13ClF4N6O.